The van der Waals surface area contributed by atoms with Crippen LogP contribution in [0.5, 0.6) is 0 Å². The molecule has 1 amide bonds. The Morgan fingerprint density at radius 2 is 1.72 bits per heavy atom. The topological polar surface area (TPSA) is 42.2 Å². The summed E-state index contributed by atoms with van der Waals surface area (Å²) in [5.41, 5.74) is 0.462. The molecular formula is C11H5Cl4NO2. The number of carbonyl (C=O) groups excluding carboxylic acids is 1. The van der Waals surface area contributed by atoms with E-state index in [1.807, 2.05) is 0 Å². The van der Waals surface area contributed by atoms with Crippen molar-refractivity contribution in [1.29, 1.82) is 0 Å². The Morgan fingerprint density at radius 3 is 2.22 bits per heavy atom. The lowest BCUT2D eigenvalue weighted by molar-refractivity contribution is 0.102. The summed E-state index contributed by atoms with van der Waals surface area (Å²) in [7, 11) is 0. The largest absolute Gasteiger partial charge is 0.452 e. The van der Waals surface area contributed by atoms with Gasteiger partial charge in [0.25, 0.3) is 5.91 Å². The molecule has 0 aliphatic rings. The molecule has 94 valence electrons. The van der Waals surface area contributed by atoms with Crippen LogP contribution in [0.3, 0.4) is 0 Å². The van der Waals surface area contributed by atoms with Crippen molar-refractivity contribution in [1.82, 2.24) is 0 Å². The van der Waals surface area contributed by atoms with E-state index >= 15 is 0 Å². The number of amides is 1. The lowest BCUT2D eigenvalue weighted by Crippen LogP contribution is -2.12. The van der Waals surface area contributed by atoms with E-state index in [4.69, 9.17) is 50.8 Å². The fourth-order valence-electron chi connectivity index (χ4n) is 1.30. The van der Waals surface area contributed by atoms with Crippen molar-refractivity contribution < 1.29 is 9.21 Å². The number of hydrogen-bond acceptors (Lipinski definition) is 2. The highest BCUT2D eigenvalue weighted by Gasteiger charge is 2.16. The van der Waals surface area contributed by atoms with Gasteiger partial charge in [-0.15, -0.1) is 0 Å². The van der Waals surface area contributed by atoms with Crippen LogP contribution in [0.25, 0.3) is 0 Å². The van der Waals surface area contributed by atoms with Crippen LogP contribution in [-0.2, 0) is 0 Å². The molecule has 0 aliphatic heterocycles. The predicted octanol–water partition coefficient (Wildman–Crippen LogP) is 5.15. The maximum Gasteiger partial charge on any atom is 0.260 e. The molecule has 1 aromatic carbocycles. The van der Waals surface area contributed by atoms with Crippen molar-refractivity contribution in [3.63, 3.8) is 0 Å². The predicted molar refractivity (Wildman–Crippen MR) is 73.1 cm³/mol. The van der Waals surface area contributed by atoms with Gasteiger partial charge in [0, 0.05) is 5.02 Å². The van der Waals surface area contributed by atoms with Gasteiger partial charge in [-0.05, 0) is 29.8 Å². The van der Waals surface area contributed by atoms with Gasteiger partial charge in [-0.2, -0.15) is 0 Å². The van der Waals surface area contributed by atoms with Gasteiger partial charge >= 0.3 is 0 Å². The molecule has 0 fully saturated rings. The van der Waals surface area contributed by atoms with Crippen molar-refractivity contribution in [3.8, 4) is 0 Å². The Balaban J connectivity index is 2.31. The number of anilines is 1. The number of carbonyl (C=O) groups is 1. The number of halogens is 4. The molecule has 1 heterocycles. The van der Waals surface area contributed by atoms with Crippen LogP contribution in [0.2, 0.25) is 20.3 Å². The average molecular weight is 325 g/mol. The molecule has 0 saturated carbocycles. The molecule has 18 heavy (non-hydrogen) atoms. The Hall–Kier alpha value is -0.870. The van der Waals surface area contributed by atoms with Gasteiger partial charge in [0.1, 0.15) is 0 Å². The van der Waals surface area contributed by atoms with Gasteiger partial charge in [-0.3, -0.25) is 4.79 Å². The van der Waals surface area contributed by atoms with E-state index < -0.39 is 5.91 Å². The van der Waals surface area contributed by atoms with Crippen LogP contribution < -0.4 is 5.32 Å². The van der Waals surface area contributed by atoms with Crippen molar-refractivity contribution in [3.05, 3.63) is 50.3 Å². The van der Waals surface area contributed by atoms with Gasteiger partial charge in [-0.25, -0.2) is 0 Å². The van der Waals surface area contributed by atoms with Gasteiger partial charge in [0.2, 0.25) is 5.22 Å². The summed E-state index contributed by atoms with van der Waals surface area (Å²) in [5.74, 6) is -0.472. The van der Waals surface area contributed by atoms with Crippen LogP contribution in [0.1, 0.15) is 10.4 Å². The van der Waals surface area contributed by atoms with Crippen molar-refractivity contribution in [2.24, 2.45) is 0 Å². The first kappa shape index (κ1) is 13.6. The third-order valence-corrected chi connectivity index (χ3v) is 3.22. The zero-order valence-corrected chi connectivity index (χ0v) is 11.7. The highest BCUT2D eigenvalue weighted by Crippen LogP contribution is 2.34. The smallest absolute Gasteiger partial charge is 0.260 e. The van der Waals surface area contributed by atoms with Crippen LogP contribution >= 0.6 is 46.4 Å². The summed E-state index contributed by atoms with van der Waals surface area (Å²) < 4.78 is 4.82. The Kier molecular flexibility index (Phi) is 4.07. The van der Waals surface area contributed by atoms with Crippen LogP contribution in [0.4, 0.5) is 5.69 Å². The zero-order chi connectivity index (χ0) is 13.3. The normalized spacial score (nSPS) is 10.4. The maximum atomic E-state index is 11.9. The number of benzene rings is 1. The monoisotopic (exact) mass is 323 g/mol. The molecule has 0 bridgehead atoms. The lowest BCUT2D eigenvalue weighted by Gasteiger charge is -2.09. The second kappa shape index (κ2) is 5.41. The average Bonchev–Trinajstić information content (AvgIpc) is 2.69. The quantitative estimate of drug-likeness (QED) is 0.830. The van der Waals surface area contributed by atoms with Crippen LogP contribution in [0, 0.1) is 0 Å². The first-order valence-corrected chi connectivity index (χ1v) is 6.19. The molecular weight excluding hydrogens is 320 g/mol. The van der Waals surface area contributed by atoms with Crippen LogP contribution in [-0.4, -0.2) is 5.91 Å². The molecule has 0 aliphatic carbocycles. The second-order valence-corrected chi connectivity index (χ2v) is 4.90. The molecule has 0 saturated heterocycles. The Bertz CT molecular complexity index is 586. The highest BCUT2D eigenvalue weighted by molar-refractivity contribution is 6.42. The fraction of sp³-hybridized carbons (Fsp3) is 0. The molecule has 0 spiro atoms. The number of rotatable bonds is 2. The zero-order valence-electron chi connectivity index (χ0n) is 8.64. The minimum Gasteiger partial charge on any atom is -0.452 e. The molecule has 3 nitrogen and oxygen atoms in total. The molecule has 0 radical (unpaired) electrons. The number of nitrogens with one attached hydrogen (secondary N) is 1. The van der Waals surface area contributed by atoms with Crippen LogP contribution in [0.15, 0.2) is 28.9 Å². The summed E-state index contributed by atoms with van der Waals surface area (Å²) in [6, 6.07) is 4.39. The number of hydrogen-bond donors (Lipinski definition) is 1. The third kappa shape index (κ3) is 2.75. The first-order chi connectivity index (χ1) is 8.49. The third-order valence-electron chi connectivity index (χ3n) is 2.11. The molecule has 0 atom stereocenters. The minimum absolute atomic E-state index is 0.00583. The van der Waals surface area contributed by atoms with Gasteiger partial charge < -0.3 is 9.73 Å². The molecule has 1 N–H and O–H groups in total. The van der Waals surface area contributed by atoms with E-state index in [1.165, 1.54) is 24.5 Å². The van der Waals surface area contributed by atoms with Crippen molar-refractivity contribution in [2.45, 2.75) is 0 Å². The van der Waals surface area contributed by atoms with E-state index in [-0.39, 0.29) is 26.5 Å². The summed E-state index contributed by atoms with van der Waals surface area (Å²) in [6.45, 7) is 0. The SMILES string of the molecule is O=C(Nc1c(Cl)cc(Cl)cc1Cl)c1ccoc1Cl. The van der Waals surface area contributed by atoms with Crippen molar-refractivity contribution in [2.75, 3.05) is 5.32 Å². The summed E-state index contributed by atoms with van der Waals surface area (Å²) in [5, 5.41) is 3.39. The molecule has 1 aromatic heterocycles. The molecule has 0 unspecified atom stereocenters. The van der Waals surface area contributed by atoms with Gasteiger partial charge in [0.05, 0.1) is 27.6 Å². The standard InChI is InChI=1S/C11H5Cl4NO2/c12-5-3-7(13)9(8(14)4-5)16-11(17)6-1-2-18-10(6)15/h1-4H,(H,16,17). The lowest BCUT2D eigenvalue weighted by atomic mass is 10.2. The van der Waals surface area contributed by atoms with Gasteiger partial charge in [0.15, 0.2) is 0 Å². The first-order valence-electron chi connectivity index (χ1n) is 4.68. The van der Waals surface area contributed by atoms with Gasteiger partial charge in [-0.1, -0.05) is 34.8 Å². The Morgan fingerprint density at radius 1 is 1.11 bits per heavy atom. The van der Waals surface area contributed by atoms with E-state index in [0.29, 0.717) is 5.02 Å². The number of furan rings is 1. The minimum atomic E-state index is -0.472. The van der Waals surface area contributed by atoms with E-state index in [1.54, 1.807) is 0 Å². The molecule has 2 rings (SSSR count). The Labute approximate surface area is 123 Å². The maximum absolute atomic E-state index is 11.9. The van der Waals surface area contributed by atoms with E-state index in [9.17, 15) is 4.79 Å². The highest BCUT2D eigenvalue weighted by atomic mass is 35.5. The summed E-state index contributed by atoms with van der Waals surface area (Å²) in [4.78, 5) is 11.9. The fourth-order valence-corrected chi connectivity index (χ4v) is 2.41. The molecule has 7 heteroatoms. The van der Waals surface area contributed by atoms with Crippen molar-refractivity contribution >= 4 is 58.0 Å². The summed E-state index contributed by atoms with van der Waals surface area (Å²) in [6.07, 6.45) is 1.31. The second-order valence-electron chi connectivity index (χ2n) is 3.31. The van der Waals surface area contributed by atoms with E-state index in [2.05, 4.69) is 5.32 Å². The molecule has 2 aromatic rings. The van der Waals surface area contributed by atoms with E-state index in [0.717, 1.165) is 0 Å². The summed E-state index contributed by atoms with van der Waals surface area (Å²) >= 11 is 23.3.